The summed E-state index contributed by atoms with van der Waals surface area (Å²) in [5, 5.41) is 8.73. The first-order chi connectivity index (χ1) is 15.5. The van der Waals surface area contributed by atoms with Gasteiger partial charge < -0.3 is 29.5 Å². The van der Waals surface area contributed by atoms with Crippen LogP contribution >= 0.6 is 0 Å². The molecule has 4 nitrogen and oxygen atoms in total. The maximum Gasteiger partial charge on any atom is 4.00 e. The molecule has 2 aliphatic rings. The predicted octanol–water partition coefficient (Wildman–Crippen LogP) is 2.26. The van der Waals surface area contributed by atoms with E-state index in [1.54, 1.807) is 0 Å². The normalized spacial score (nSPS) is 13.0. The van der Waals surface area contributed by atoms with Crippen molar-refractivity contribution in [2.45, 2.75) is 67.2 Å². The van der Waals surface area contributed by atoms with E-state index in [0.717, 1.165) is 50.9 Å². The molecule has 0 aliphatic carbocycles. The van der Waals surface area contributed by atoms with Crippen LogP contribution in [0.3, 0.4) is 0 Å². The van der Waals surface area contributed by atoms with Crippen molar-refractivity contribution >= 4 is 11.4 Å². The summed E-state index contributed by atoms with van der Waals surface area (Å²) in [6, 6.07) is 12.5. The molecule has 2 aliphatic heterocycles. The Kier molecular flexibility index (Phi) is 26.4. The molecular formula is C28H44F2N2O2Ti. The minimum Gasteiger partial charge on any atom is -1.00 e. The van der Waals surface area contributed by atoms with Crippen molar-refractivity contribution in [3.05, 3.63) is 69.3 Å². The third-order valence-corrected chi connectivity index (χ3v) is 5.46. The second kappa shape index (κ2) is 24.2. The second-order valence-electron chi connectivity index (χ2n) is 8.03. The fraction of sp³-hybridized carbons (Fsp3) is 0.571. The van der Waals surface area contributed by atoms with E-state index in [0.29, 0.717) is 0 Å². The number of aryl methyl sites for hydroxylation is 2. The van der Waals surface area contributed by atoms with Gasteiger partial charge in [0, 0.05) is 26.4 Å². The van der Waals surface area contributed by atoms with E-state index in [2.05, 4.69) is 88.6 Å². The Morgan fingerprint density at radius 3 is 1.14 bits per heavy atom. The van der Waals surface area contributed by atoms with E-state index in [1.807, 2.05) is 0 Å². The number of ether oxygens (including phenoxy) is 2. The summed E-state index contributed by atoms with van der Waals surface area (Å²) in [5.74, 6) is 0. The Labute approximate surface area is 227 Å². The van der Waals surface area contributed by atoms with E-state index in [9.17, 15) is 0 Å². The van der Waals surface area contributed by atoms with Gasteiger partial charge in [0.15, 0.2) is 0 Å². The zero-order chi connectivity index (χ0) is 23.6. The second-order valence-corrected chi connectivity index (χ2v) is 8.03. The monoisotopic (exact) mass is 526 g/mol. The fourth-order valence-corrected chi connectivity index (χ4v) is 3.18. The number of benzene rings is 2. The van der Waals surface area contributed by atoms with Gasteiger partial charge in [-0.3, -0.25) is 0 Å². The molecule has 0 spiro atoms. The summed E-state index contributed by atoms with van der Waals surface area (Å²) in [6.45, 7) is 18.3. The molecule has 7 heteroatoms. The Balaban J connectivity index is -0.000000400. The fourth-order valence-electron chi connectivity index (χ4n) is 3.18. The zero-order valence-corrected chi connectivity index (χ0v) is 24.1. The average molecular weight is 527 g/mol. The molecule has 0 aromatic heterocycles. The van der Waals surface area contributed by atoms with E-state index in [4.69, 9.17) is 9.47 Å². The summed E-state index contributed by atoms with van der Waals surface area (Å²) >= 11 is 0. The van der Waals surface area contributed by atoms with Crippen LogP contribution in [-0.2, 0) is 31.2 Å². The molecule has 4 rings (SSSR count). The Morgan fingerprint density at radius 2 is 0.914 bits per heavy atom. The molecule has 0 radical (unpaired) electrons. The van der Waals surface area contributed by atoms with Gasteiger partial charge in [-0.15, -0.1) is 24.5 Å². The quantitative estimate of drug-likeness (QED) is 0.574. The zero-order valence-electron chi connectivity index (χ0n) is 22.5. The van der Waals surface area contributed by atoms with Crippen molar-refractivity contribution in [2.24, 2.45) is 0 Å². The Hall–Kier alpha value is -1.47. The van der Waals surface area contributed by atoms with Crippen LogP contribution in [0.15, 0.2) is 36.4 Å². The molecule has 2 fully saturated rings. The summed E-state index contributed by atoms with van der Waals surface area (Å²) < 4.78 is 9.89. The van der Waals surface area contributed by atoms with Crippen molar-refractivity contribution in [3.8, 4) is 0 Å². The van der Waals surface area contributed by atoms with Gasteiger partial charge in [0.05, 0.1) is 0 Å². The standard InChI is InChI=1S/2C10H14N.2C4H8O.2FH.Ti/c2*1-4-11-10-7-5-6-8(2)9(10)3;2*1-2-4-5-3-1;;;/h2*5-7H,4H2,1-3H3;2*1-4H2;2*1H;/q2*-1;;;;;+4/p-2. The first kappa shape index (κ1) is 38.1. The molecule has 35 heavy (non-hydrogen) atoms. The van der Waals surface area contributed by atoms with Crippen LogP contribution in [0.5, 0.6) is 0 Å². The predicted molar refractivity (Wildman–Crippen MR) is 139 cm³/mol. The molecule has 0 unspecified atom stereocenters. The number of rotatable bonds is 4. The van der Waals surface area contributed by atoms with Crippen LogP contribution in [0.4, 0.5) is 11.4 Å². The largest absolute Gasteiger partial charge is 4.00 e. The molecule has 0 bridgehead atoms. The third-order valence-electron chi connectivity index (χ3n) is 5.46. The molecule has 0 atom stereocenters. The van der Waals surface area contributed by atoms with Gasteiger partial charge in [-0.05, 0) is 64.5 Å². The van der Waals surface area contributed by atoms with Crippen LogP contribution < -0.4 is 9.41 Å². The summed E-state index contributed by atoms with van der Waals surface area (Å²) in [4.78, 5) is 0. The van der Waals surface area contributed by atoms with E-state index in [-0.39, 0.29) is 31.1 Å². The van der Waals surface area contributed by atoms with Crippen LogP contribution in [0.1, 0.15) is 61.8 Å². The van der Waals surface area contributed by atoms with Gasteiger partial charge in [0.25, 0.3) is 0 Å². The molecule has 196 valence electrons. The van der Waals surface area contributed by atoms with E-state index in [1.165, 1.54) is 47.9 Å². The van der Waals surface area contributed by atoms with Crippen molar-refractivity contribution in [1.29, 1.82) is 0 Å². The Bertz CT molecular complexity index is 677. The maximum absolute atomic E-state index is 4.94. The molecule has 2 aromatic carbocycles. The van der Waals surface area contributed by atoms with Crippen molar-refractivity contribution in [3.63, 3.8) is 0 Å². The van der Waals surface area contributed by atoms with Crippen molar-refractivity contribution in [2.75, 3.05) is 39.5 Å². The summed E-state index contributed by atoms with van der Waals surface area (Å²) in [6.07, 6.45) is 5.11. The third kappa shape index (κ3) is 16.8. The van der Waals surface area contributed by atoms with Crippen LogP contribution in [0.2, 0.25) is 0 Å². The SMILES string of the molecule is C1CCOC1.C1CCOC1.CC[N-]c1cccc(C)c1C.CC[N-]c1cccc(C)c1C.[F-].[F-].[Ti+4]. The first-order valence-electron chi connectivity index (χ1n) is 12.1. The van der Waals surface area contributed by atoms with Crippen molar-refractivity contribution < 1.29 is 40.6 Å². The molecule has 2 saturated heterocycles. The van der Waals surface area contributed by atoms with Gasteiger partial charge in [-0.25, -0.2) is 0 Å². The van der Waals surface area contributed by atoms with Gasteiger partial charge in [0.1, 0.15) is 0 Å². The molecule has 0 saturated carbocycles. The summed E-state index contributed by atoms with van der Waals surface area (Å²) in [5.41, 5.74) is 7.50. The van der Waals surface area contributed by atoms with Gasteiger partial charge in [0.2, 0.25) is 0 Å². The molecule has 0 N–H and O–H groups in total. The minimum absolute atomic E-state index is 0. The minimum atomic E-state index is 0. The maximum atomic E-state index is 4.94. The van der Waals surface area contributed by atoms with Gasteiger partial charge >= 0.3 is 21.7 Å². The van der Waals surface area contributed by atoms with Gasteiger partial charge in [-0.2, -0.15) is 0 Å². The topological polar surface area (TPSA) is 46.7 Å². The molecular weight excluding hydrogens is 482 g/mol. The average Bonchev–Trinajstić information content (AvgIpc) is 3.55. The molecule has 0 amide bonds. The number of nitrogens with zero attached hydrogens (tertiary/aromatic N) is 2. The van der Waals surface area contributed by atoms with Crippen LogP contribution in [0.25, 0.3) is 10.6 Å². The van der Waals surface area contributed by atoms with Gasteiger partial charge in [-0.1, -0.05) is 61.4 Å². The number of halogens is 2. The van der Waals surface area contributed by atoms with Crippen LogP contribution in [0, 0.1) is 27.7 Å². The summed E-state index contributed by atoms with van der Waals surface area (Å²) in [7, 11) is 0. The first-order valence-corrected chi connectivity index (χ1v) is 12.1. The number of hydrogen-bond donors (Lipinski definition) is 0. The molecule has 2 aromatic rings. The van der Waals surface area contributed by atoms with Crippen molar-refractivity contribution in [1.82, 2.24) is 0 Å². The molecule has 2 heterocycles. The van der Waals surface area contributed by atoms with Crippen LogP contribution in [-0.4, -0.2) is 39.5 Å². The number of hydrogen-bond acceptors (Lipinski definition) is 2. The smallest absolute Gasteiger partial charge is 1.00 e. The van der Waals surface area contributed by atoms with E-state index >= 15 is 0 Å². The van der Waals surface area contributed by atoms with E-state index < -0.39 is 0 Å². The Morgan fingerprint density at radius 1 is 0.600 bits per heavy atom.